The van der Waals surface area contributed by atoms with Crippen LogP contribution in [0.25, 0.3) is 0 Å². The third-order valence-electron chi connectivity index (χ3n) is 11.8. The van der Waals surface area contributed by atoms with Gasteiger partial charge in [-0.15, -0.1) is 0 Å². The number of fused-ring (bicyclic) bond motifs is 1. The molecular weight excluding hydrogens is 646 g/mol. The maximum Gasteiger partial charge on any atom is 0.315 e. The van der Waals surface area contributed by atoms with Gasteiger partial charge in [0.2, 0.25) is 17.6 Å². The average molecular weight is 706 g/mol. The summed E-state index contributed by atoms with van der Waals surface area (Å²) in [5.41, 5.74) is -1.89. The van der Waals surface area contributed by atoms with Crippen molar-refractivity contribution >= 4 is 39.4 Å². The van der Waals surface area contributed by atoms with Gasteiger partial charge in [0.05, 0.1) is 22.1 Å². The highest BCUT2D eigenvalue weighted by Crippen LogP contribution is 2.65. The molecule has 49 heavy (non-hydrogen) atoms. The van der Waals surface area contributed by atoms with Crippen LogP contribution >= 0.6 is 0 Å². The molecule has 1 saturated heterocycles. The lowest BCUT2D eigenvalue weighted by Gasteiger charge is -2.41. The van der Waals surface area contributed by atoms with Crippen LogP contribution in [-0.4, -0.2) is 89.6 Å². The van der Waals surface area contributed by atoms with Gasteiger partial charge in [-0.05, 0) is 81.5 Å². The molecule has 13 heteroatoms. The standard InChI is InChI=1S/C36H59N5O7S/c1-33(2,3)28(39-32(46)40-36(16-10-9-11-17-36)20-49(47,48)34(4,5)6)31(45)41-19-23-25(35(23,7)8)26(41)29(43)38-24(18-21-12-13-21)27(42)30(44)37-22-14-15-22/h21-26,28H,9-20H2,1-8H3,(H,37,44)(H,38,43)(H2,39,40,46)/t23-,24?,25-,26-,28+/m0/s1. The molecule has 0 spiro atoms. The third kappa shape index (κ3) is 8.28. The summed E-state index contributed by atoms with van der Waals surface area (Å²) < 4.78 is 25.6. The Bertz CT molecular complexity index is 1450. The van der Waals surface area contributed by atoms with Crippen molar-refractivity contribution in [2.45, 2.75) is 154 Å². The number of ketones is 1. The number of hydrogen-bond acceptors (Lipinski definition) is 7. The highest BCUT2D eigenvalue weighted by molar-refractivity contribution is 7.92. The van der Waals surface area contributed by atoms with Crippen LogP contribution < -0.4 is 21.3 Å². The Kier molecular flexibility index (Phi) is 10.1. The van der Waals surface area contributed by atoms with Gasteiger partial charge in [0.15, 0.2) is 9.84 Å². The monoisotopic (exact) mass is 705 g/mol. The minimum atomic E-state index is -3.56. The fourth-order valence-electron chi connectivity index (χ4n) is 7.97. The van der Waals surface area contributed by atoms with E-state index in [2.05, 4.69) is 35.1 Å². The van der Waals surface area contributed by atoms with Crippen molar-refractivity contribution in [1.82, 2.24) is 26.2 Å². The van der Waals surface area contributed by atoms with Crippen molar-refractivity contribution in [3.8, 4) is 0 Å². The Hall–Kier alpha value is -2.70. The molecule has 12 nitrogen and oxygen atoms in total. The summed E-state index contributed by atoms with van der Waals surface area (Å²) in [6, 6.07) is -3.43. The normalized spacial score (nSPS) is 27.3. The lowest BCUT2D eigenvalue weighted by molar-refractivity contribution is -0.145. The molecule has 0 aromatic heterocycles. The van der Waals surface area contributed by atoms with Gasteiger partial charge in [-0.1, -0.05) is 66.7 Å². The van der Waals surface area contributed by atoms with E-state index >= 15 is 0 Å². The average Bonchev–Trinajstić information content (AvgIpc) is 3.93. The van der Waals surface area contributed by atoms with Gasteiger partial charge < -0.3 is 26.2 Å². The van der Waals surface area contributed by atoms with Crippen LogP contribution in [0.5, 0.6) is 0 Å². The molecule has 0 radical (unpaired) electrons. The smallest absolute Gasteiger partial charge is 0.315 e. The van der Waals surface area contributed by atoms with Gasteiger partial charge in [-0.2, -0.15) is 0 Å². The molecule has 5 fully saturated rings. The Morgan fingerprint density at radius 2 is 1.49 bits per heavy atom. The molecular formula is C36H59N5O7S. The lowest BCUT2D eigenvalue weighted by atomic mass is 9.83. The number of nitrogens with zero attached hydrogens (tertiary/aromatic N) is 1. The van der Waals surface area contributed by atoms with Gasteiger partial charge in [-0.3, -0.25) is 19.2 Å². The van der Waals surface area contributed by atoms with Crippen LogP contribution in [0.2, 0.25) is 0 Å². The Labute approximate surface area is 292 Å². The lowest BCUT2D eigenvalue weighted by Crippen LogP contribution is -2.64. The zero-order valence-corrected chi connectivity index (χ0v) is 31.6. The van der Waals surface area contributed by atoms with Crippen molar-refractivity contribution in [2.75, 3.05) is 12.3 Å². The van der Waals surface area contributed by atoms with Crippen LogP contribution in [-0.2, 0) is 29.0 Å². The fourth-order valence-corrected chi connectivity index (χ4v) is 9.49. The predicted octanol–water partition coefficient (Wildman–Crippen LogP) is 3.23. The van der Waals surface area contributed by atoms with Crippen LogP contribution in [0.4, 0.5) is 4.79 Å². The van der Waals surface area contributed by atoms with E-state index in [0.717, 1.165) is 44.9 Å². The quantitative estimate of drug-likeness (QED) is 0.226. The van der Waals surface area contributed by atoms with E-state index in [1.165, 1.54) is 0 Å². The van der Waals surface area contributed by atoms with Crippen molar-refractivity contribution in [3.05, 3.63) is 0 Å². The number of hydrogen-bond donors (Lipinski definition) is 4. The number of piperidine rings is 1. The number of carbonyl (C=O) groups excluding carboxylic acids is 5. The molecule has 5 rings (SSSR count). The summed E-state index contributed by atoms with van der Waals surface area (Å²) in [7, 11) is -3.56. The predicted molar refractivity (Wildman–Crippen MR) is 186 cm³/mol. The zero-order chi connectivity index (χ0) is 36.3. The second-order valence-corrected chi connectivity index (χ2v) is 21.1. The molecule has 5 amide bonds. The van der Waals surface area contributed by atoms with Crippen molar-refractivity contribution in [3.63, 3.8) is 0 Å². The summed E-state index contributed by atoms with van der Waals surface area (Å²) in [5.74, 6) is -2.14. The van der Waals surface area contributed by atoms with E-state index in [9.17, 15) is 32.4 Å². The number of rotatable bonds is 12. The van der Waals surface area contributed by atoms with Crippen LogP contribution in [0, 0.1) is 28.6 Å². The second-order valence-electron chi connectivity index (χ2n) is 18.4. The molecule has 276 valence electrons. The van der Waals surface area contributed by atoms with Crippen molar-refractivity contribution < 1.29 is 32.4 Å². The first-order valence-corrected chi connectivity index (χ1v) is 20.0. The van der Waals surface area contributed by atoms with E-state index in [-0.39, 0.29) is 35.0 Å². The molecule has 0 bridgehead atoms. The molecule has 0 aromatic rings. The summed E-state index contributed by atoms with van der Waals surface area (Å²) in [5, 5.41) is 11.5. The molecule has 4 aliphatic carbocycles. The number of urea groups is 1. The highest BCUT2D eigenvalue weighted by Gasteiger charge is 2.70. The Balaban J connectivity index is 1.33. The number of sulfone groups is 1. The van der Waals surface area contributed by atoms with E-state index in [0.29, 0.717) is 25.8 Å². The van der Waals surface area contributed by atoms with Gasteiger partial charge in [0, 0.05) is 12.6 Å². The molecule has 4 saturated carbocycles. The SMILES string of the molecule is CC(C)(C)[C@H](NC(=O)NC1(CS(=O)(=O)C(C)(C)C)CCCCC1)C(=O)N1C[C@H]2[C@@H]([C@H]1C(=O)NC(CC1CC1)C(=O)C(=O)NC1CC1)C2(C)C. The molecule has 1 unspecified atom stereocenters. The zero-order valence-electron chi connectivity index (χ0n) is 30.7. The molecule has 0 aromatic carbocycles. The number of nitrogens with one attached hydrogen (secondary N) is 4. The van der Waals surface area contributed by atoms with E-state index in [4.69, 9.17) is 0 Å². The highest BCUT2D eigenvalue weighted by atomic mass is 32.2. The fraction of sp³-hybridized carbons (Fsp3) is 0.861. The summed E-state index contributed by atoms with van der Waals surface area (Å²) in [4.78, 5) is 69.9. The number of likely N-dealkylation sites (tertiary alicyclic amines) is 1. The maximum atomic E-state index is 14.5. The molecule has 1 heterocycles. The number of Topliss-reactive ketones (excluding diaryl/α,β-unsaturated/α-hetero) is 1. The number of amides is 5. The van der Waals surface area contributed by atoms with Crippen molar-refractivity contribution in [2.24, 2.45) is 28.6 Å². The third-order valence-corrected chi connectivity index (χ3v) is 14.6. The van der Waals surface area contributed by atoms with Crippen LogP contribution in [0.15, 0.2) is 0 Å². The van der Waals surface area contributed by atoms with E-state index in [1.807, 2.05) is 20.8 Å². The van der Waals surface area contributed by atoms with E-state index < -0.39 is 73.2 Å². The summed E-state index contributed by atoms with van der Waals surface area (Å²) in [6.07, 6.45) is 7.54. The first-order valence-electron chi connectivity index (χ1n) is 18.3. The van der Waals surface area contributed by atoms with Crippen molar-refractivity contribution in [1.29, 1.82) is 0 Å². The molecule has 5 atom stereocenters. The van der Waals surface area contributed by atoms with Crippen LogP contribution in [0.1, 0.15) is 120 Å². The number of carbonyl (C=O) groups is 5. The van der Waals surface area contributed by atoms with Gasteiger partial charge in [0.1, 0.15) is 12.1 Å². The largest absolute Gasteiger partial charge is 0.347 e. The first-order chi connectivity index (χ1) is 22.6. The second kappa shape index (κ2) is 13.1. The van der Waals surface area contributed by atoms with Gasteiger partial charge in [0.25, 0.3) is 5.91 Å². The van der Waals surface area contributed by atoms with E-state index in [1.54, 1.807) is 25.7 Å². The topological polar surface area (TPSA) is 171 Å². The Morgan fingerprint density at radius 1 is 0.878 bits per heavy atom. The first kappa shape index (κ1) is 37.6. The van der Waals surface area contributed by atoms with Crippen LogP contribution in [0.3, 0.4) is 0 Å². The summed E-state index contributed by atoms with van der Waals surface area (Å²) >= 11 is 0. The minimum Gasteiger partial charge on any atom is -0.347 e. The maximum absolute atomic E-state index is 14.5. The molecule has 4 N–H and O–H groups in total. The Morgan fingerprint density at radius 3 is 2.02 bits per heavy atom. The molecule has 1 aliphatic heterocycles. The summed E-state index contributed by atoms with van der Waals surface area (Å²) in [6.45, 7) is 15.0. The van der Waals surface area contributed by atoms with Gasteiger partial charge >= 0.3 is 6.03 Å². The molecule has 5 aliphatic rings. The minimum absolute atomic E-state index is 0.0135. The van der Waals surface area contributed by atoms with Gasteiger partial charge in [-0.25, -0.2) is 13.2 Å².